The minimum Gasteiger partial charge on any atom is -0.444 e. The third kappa shape index (κ3) is 9.50. The minimum atomic E-state index is -1.34. The van der Waals surface area contributed by atoms with E-state index in [-0.39, 0.29) is 24.5 Å². The molecule has 0 aliphatic heterocycles. The van der Waals surface area contributed by atoms with Crippen LogP contribution in [-0.4, -0.2) is 58.2 Å². The first-order valence-electron chi connectivity index (χ1n) is 12.4. The van der Waals surface area contributed by atoms with Crippen LogP contribution >= 0.6 is 11.3 Å². The van der Waals surface area contributed by atoms with Crippen molar-refractivity contribution in [3.63, 3.8) is 0 Å². The zero-order chi connectivity index (χ0) is 26.2. The first kappa shape index (κ1) is 29.2. The van der Waals surface area contributed by atoms with Crippen molar-refractivity contribution in [1.29, 1.82) is 0 Å². The molecular weight excluding hydrogens is 468 g/mol. The van der Waals surface area contributed by atoms with Gasteiger partial charge in [0.15, 0.2) is 5.78 Å². The van der Waals surface area contributed by atoms with E-state index in [1.165, 1.54) is 24.8 Å². The zero-order valence-electron chi connectivity index (χ0n) is 21.6. The summed E-state index contributed by atoms with van der Waals surface area (Å²) in [5, 5.41) is 18.3. The molecule has 1 fully saturated rings. The number of alkyl carbamates (subject to hydrolysis) is 1. The fourth-order valence-corrected chi connectivity index (χ4v) is 5.25. The van der Waals surface area contributed by atoms with Crippen LogP contribution in [0.2, 0.25) is 0 Å². The number of hydrogen-bond acceptors (Lipinski definition) is 8. The number of rotatable bonds is 11. The van der Waals surface area contributed by atoms with E-state index in [1.807, 2.05) is 5.38 Å². The molecule has 0 unspecified atom stereocenters. The van der Waals surface area contributed by atoms with Crippen molar-refractivity contribution in [1.82, 2.24) is 15.6 Å². The topological polar surface area (TPSA) is 144 Å². The Kier molecular flexibility index (Phi) is 10.7. The van der Waals surface area contributed by atoms with Crippen LogP contribution in [0.3, 0.4) is 0 Å². The summed E-state index contributed by atoms with van der Waals surface area (Å²) in [6.07, 6.45) is 4.07. The summed E-state index contributed by atoms with van der Waals surface area (Å²) in [6, 6.07) is -0.931. The number of carbonyl (C=O) groups is 3. The largest absolute Gasteiger partial charge is 0.444 e. The summed E-state index contributed by atoms with van der Waals surface area (Å²) in [7, 11) is 1.49. The van der Waals surface area contributed by atoms with Gasteiger partial charge in [0.05, 0.1) is 28.9 Å². The molecule has 35 heavy (non-hydrogen) atoms. The molecule has 1 aromatic heterocycles. The number of aliphatic hydroxyl groups is 1. The second-order valence-corrected chi connectivity index (χ2v) is 11.6. The van der Waals surface area contributed by atoms with Crippen molar-refractivity contribution < 1.29 is 24.2 Å². The molecule has 0 radical (unpaired) electrons. The first-order chi connectivity index (χ1) is 16.3. The molecule has 0 spiro atoms. The number of ketones is 1. The van der Waals surface area contributed by atoms with E-state index in [0.29, 0.717) is 12.1 Å². The molecular formula is C25H42N4O5S. The van der Waals surface area contributed by atoms with Crippen LogP contribution in [0, 0.1) is 11.8 Å². The number of Topliss-reactive ketones (excluding diaryl/α,β-unsaturated/α-hetero) is 1. The van der Waals surface area contributed by atoms with Gasteiger partial charge in [0.2, 0.25) is 5.91 Å². The summed E-state index contributed by atoms with van der Waals surface area (Å²) in [5.41, 5.74) is 6.46. The summed E-state index contributed by atoms with van der Waals surface area (Å²) in [6.45, 7) is 6.80. The average molecular weight is 511 g/mol. The fraction of sp³-hybridized carbons (Fsp3) is 0.760. The maximum atomic E-state index is 13.9. The van der Waals surface area contributed by atoms with Gasteiger partial charge in [-0.15, -0.1) is 11.3 Å². The molecule has 198 valence electrons. The number of hydrogen-bond donors (Lipinski definition) is 4. The lowest BCUT2D eigenvalue weighted by Gasteiger charge is -2.34. The molecule has 2 amide bonds. The second kappa shape index (κ2) is 12.8. The SMILES string of the molecule is CNC(=O)[C@](C)(N)C[C@H](O)[C@H](CC1CCCCC1)C(=O)[C@H](Cc1cscn1)NC(=O)OC(C)(C)C. The number of aliphatic hydroxyl groups excluding tert-OH is 1. The van der Waals surface area contributed by atoms with E-state index in [2.05, 4.69) is 15.6 Å². The smallest absolute Gasteiger partial charge is 0.408 e. The van der Waals surface area contributed by atoms with Crippen molar-refractivity contribution in [2.75, 3.05) is 7.05 Å². The molecule has 4 atom stereocenters. The maximum Gasteiger partial charge on any atom is 0.408 e. The Balaban J connectivity index is 2.30. The molecule has 5 N–H and O–H groups in total. The van der Waals surface area contributed by atoms with E-state index >= 15 is 0 Å². The Morgan fingerprint density at radius 3 is 2.43 bits per heavy atom. The predicted octanol–water partition coefficient (Wildman–Crippen LogP) is 2.95. The molecule has 0 aromatic carbocycles. The van der Waals surface area contributed by atoms with Crippen LogP contribution in [0.4, 0.5) is 4.79 Å². The highest BCUT2D eigenvalue weighted by molar-refractivity contribution is 7.07. The number of amides is 2. The highest BCUT2D eigenvalue weighted by atomic mass is 32.1. The van der Waals surface area contributed by atoms with Crippen molar-refractivity contribution >= 4 is 29.1 Å². The van der Waals surface area contributed by atoms with Gasteiger partial charge in [0, 0.05) is 31.2 Å². The van der Waals surface area contributed by atoms with Gasteiger partial charge in [-0.3, -0.25) is 9.59 Å². The zero-order valence-corrected chi connectivity index (χ0v) is 22.5. The van der Waals surface area contributed by atoms with Gasteiger partial charge in [0.25, 0.3) is 0 Å². The quantitative estimate of drug-likeness (QED) is 0.358. The normalized spacial score (nSPS) is 19.2. The number of ether oxygens (including phenoxy) is 1. The standard InChI is InChI=1S/C25H42N4O5S/c1-24(2,3)34-23(33)29-19(12-17-14-35-15-28-17)21(31)18(11-16-9-7-6-8-10-16)20(30)13-25(4,26)22(32)27-5/h14-16,18-20,30H,6-13,26H2,1-5H3,(H,27,32)(H,29,33)/t18-,19-,20-,25+/m0/s1. The van der Waals surface area contributed by atoms with Crippen molar-refractivity contribution in [3.8, 4) is 0 Å². The van der Waals surface area contributed by atoms with Crippen LogP contribution in [0.25, 0.3) is 0 Å². The number of carbonyl (C=O) groups excluding carboxylic acids is 3. The Morgan fingerprint density at radius 2 is 1.89 bits per heavy atom. The Bertz CT molecular complexity index is 831. The Morgan fingerprint density at radius 1 is 1.23 bits per heavy atom. The second-order valence-electron chi connectivity index (χ2n) is 10.9. The van der Waals surface area contributed by atoms with E-state index in [4.69, 9.17) is 10.5 Å². The maximum absolute atomic E-state index is 13.9. The van der Waals surface area contributed by atoms with Crippen LogP contribution in [-0.2, 0) is 20.7 Å². The minimum absolute atomic E-state index is 0.0777. The van der Waals surface area contributed by atoms with Gasteiger partial charge < -0.3 is 26.2 Å². The molecule has 2 rings (SSSR count). The number of nitrogens with zero attached hydrogens (tertiary/aromatic N) is 1. The summed E-state index contributed by atoms with van der Waals surface area (Å²) < 4.78 is 5.40. The highest BCUT2D eigenvalue weighted by Crippen LogP contribution is 2.33. The molecule has 1 aromatic rings. The molecule has 10 heteroatoms. The molecule has 9 nitrogen and oxygen atoms in total. The van der Waals surface area contributed by atoms with E-state index < -0.39 is 41.2 Å². The first-order valence-corrected chi connectivity index (χ1v) is 13.4. The van der Waals surface area contributed by atoms with Crippen LogP contribution in [0.15, 0.2) is 10.9 Å². The lowest BCUT2D eigenvalue weighted by Crippen LogP contribution is -2.55. The third-order valence-electron chi connectivity index (χ3n) is 6.45. The molecule has 0 saturated heterocycles. The monoisotopic (exact) mass is 510 g/mol. The van der Waals surface area contributed by atoms with Crippen molar-refractivity contribution in [3.05, 3.63) is 16.6 Å². The molecule has 1 aliphatic rings. The molecule has 1 saturated carbocycles. The van der Waals surface area contributed by atoms with Crippen molar-refractivity contribution in [2.24, 2.45) is 17.6 Å². The lowest BCUT2D eigenvalue weighted by atomic mass is 9.75. The van der Waals surface area contributed by atoms with Crippen LogP contribution in [0.1, 0.15) is 78.3 Å². The molecule has 1 aliphatic carbocycles. The average Bonchev–Trinajstić information content (AvgIpc) is 3.28. The number of nitrogens with two attached hydrogens (primary N) is 1. The Labute approximate surface area is 212 Å². The molecule has 1 heterocycles. The predicted molar refractivity (Wildman–Crippen MR) is 136 cm³/mol. The van der Waals surface area contributed by atoms with Crippen LogP contribution < -0.4 is 16.4 Å². The van der Waals surface area contributed by atoms with E-state index in [9.17, 15) is 19.5 Å². The third-order valence-corrected chi connectivity index (χ3v) is 7.09. The Hall–Kier alpha value is -2.04. The summed E-state index contributed by atoms with van der Waals surface area (Å²) in [5.74, 6) is -1.21. The highest BCUT2D eigenvalue weighted by Gasteiger charge is 2.40. The summed E-state index contributed by atoms with van der Waals surface area (Å²) >= 11 is 1.40. The lowest BCUT2D eigenvalue weighted by molar-refractivity contribution is -0.133. The van der Waals surface area contributed by atoms with E-state index in [1.54, 1.807) is 33.2 Å². The van der Waals surface area contributed by atoms with Crippen molar-refractivity contribution in [2.45, 2.75) is 102 Å². The van der Waals surface area contributed by atoms with Gasteiger partial charge >= 0.3 is 6.09 Å². The van der Waals surface area contributed by atoms with E-state index in [0.717, 1.165) is 25.7 Å². The number of thiazole rings is 1. The fourth-order valence-electron chi connectivity index (χ4n) is 4.68. The number of aromatic nitrogens is 1. The van der Waals surface area contributed by atoms with Gasteiger partial charge in [0.1, 0.15) is 5.60 Å². The van der Waals surface area contributed by atoms with Gasteiger partial charge in [-0.25, -0.2) is 9.78 Å². The molecule has 0 bridgehead atoms. The van der Waals surface area contributed by atoms with Gasteiger partial charge in [-0.1, -0.05) is 32.1 Å². The van der Waals surface area contributed by atoms with Gasteiger partial charge in [-0.05, 0) is 40.0 Å². The van der Waals surface area contributed by atoms with Crippen LogP contribution in [0.5, 0.6) is 0 Å². The number of likely N-dealkylation sites (N-methyl/N-ethyl adjacent to an activating group) is 1. The summed E-state index contributed by atoms with van der Waals surface area (Å²) in [4.78, 5) is 43.1. The number of nitrogens with one attached hydrogen (secondary N) is 2. The van der Waals surface area contributed by atoms with Gasteiger partial charge in [-0.2, -0.15) is 0 Å².